The molecule has 92 valence electrons. The molecule has 0 saturated heterocycles. The lowest BCUT2D eigenvalue weighted by Gasteiger charge is -2.29. The van der Waals surface area contributed by atoms with Crippen LogP contribution in [-0.4, -0.2) is 5.11 Å². The molecule has 0 fully saturated rings. The molecule has 3 nitrogen and oxygen atoms in total. The van der Waals surface area contributed by atoms with E-state index in [1.807, 2.05) is 42.5 Å². The van der Waals surface area contributed by atoms with E-state index in [4.69, 9.17) is 17.5 Å². The van der Waals surface area contributed by atoms with E-state index in [0.717, 1.165) is 16.8 Å². The first-order valence-electron chi connectivity index (χ1n) is 5.94. The molecule has 19 heavy (non-hydrogen) atoms. The monoisotopic (exact) mass is 265 g/mol. The molecule has 1 aliphatic heterocycles. The highest BCUT2D eigenvalue weighted by molar-refractivity contribution is 7.80. The van der Waals surface area contributed by atoms with Gasteiger partial charge in [-0.25, -0.2) is 0 Å². The molecule has 1 aliphatic rings. The topological polar surface area (TPSA) is 47.9 Å². The SMILES string of the molecule is N#Cc1ccc(C2NC(=S)Nc3ccccc32)cc1. The molecule has 0 aromatic heterocycles. The van der Waals surface area contributed by atoms with Crippen LogP contribution in [0.1, 0.15) is 22.7 Å². The third kappa shape index (κ3) is 2.16. The predicted molar refractivity (Wildman–Crippen MR) is 78.8 cm³/mol. The second kappa shape index (κ2) is 4.71. The first kappa shape index (κ1) is 11.7. The number of hydrogen-bond donors (Lipinski definition) is 2. The van der Waals surface area contributed by atoms with Crippen LogP contribution in [0.15, 0.2) is 48.5 Å². The molecule has 4 heteroatoms. The first-order valence-corrected chi connectivity index (χ1v) is 6.35. The number of para-hydroxylation sites is 1. The van der Waals surface area contributed by atoms with Gasteiger partial charge in [-0.15, -0.1) is 0 Å². The Morgan fingerprint density at radius 2 is 1.79 bits per heavy atom. The van der Waals surface area contributed by atoms with Crippen molar-refractivity contribution in [2.24, 2.45) is 0 Å². The molecule has 0 amide bonds. The fourth-order valence-electron chi connectivity index (χ4n) is 2.24. The Bertz CT molecular complexity index is 671. The van der Waals surface area contributed by atoms with E-state index in [1.54, 1.807) is 0 Å². The first-order chi connectivity index (χ1) is 9.28. The molecular weight excluding hydrogens is 254 g/mol. The number of nitrogens with one attached hydrogen (secondary N) is 2. The number of thiocarbonyl (C=S) groups is 1. The molecule has 3 rings (SSSR count). The van der Waals surface area contributed by atoms with Gasteiger partial charge in [0.15, 0.2) is 5.11 Å². The molecule has 2 N–H and O–H groups in total. The van der Waals surface area contributed by atoms with Gasteiger partial charge in [0, 0.05) is 11.3 Å². The van der Waals surface area contributed by atoms with Crippen LogP contribution in [0.2, 0.25) is 0 Å². The lowest BCUT2D eigenvalue weighted by molar-refractivity contribution is 0.758. The Morgan fingerprint density at radius 3 is 2.53 bits per heavy atom. The zero-order valence-corrected chi connectivity index (χ0v) is 10.9. The summed E-state index contributed by atoms with van der Waals surface area (Å²) in [4.78, 5) is 0. The average Bonchev–Trinajstić information content (AvgIpc) is 2.46. The van der Waals surface area contributed by atoms with Gasteiger partial charge in [0.2, 0.25) is 0 Å². The number of hydrogen-bond acceptors (Lipinski definition) is 2. The van der Waals surface area contributed by atoms with Gasteiger partial charge in [-0.2, -0.15) is 5.26 Å². The van der Waals surface area contributed by atoms with Crippen molar-refractivity contribution >= 4 is 23.0 Å². The third-order valence-corrected chi connectivity index (χ3v) is 3.39. The van der Waals surface area contributed by atoms with Crippen molar-refractivity contribution in [2.75, 3.05) is 5.32 Å². The smallest absolute Gasteiger partial charge is 0.171 e. The largest absolute Gasteiger partial charge is 0.351 e. The molecule has 1 unspecified atom stereocenters. The summed E-state index contributed by atoms with van der Waals surface area (Å²) in [5.41, 5.74) is 3.94. The summed E-state index contributed by atoms with van der Waals surface area (Å²) in [5.74, 6) is 0. The Labute approximate surface area is 116 Å². The van der Waals surface area contributed by atoms with Crippen molar-refractivity contribution in [1.82, 2.24) is 5.32 Å². The van der Waals surface area contributed by atoms with E-state index in [0.29, 0.717) is 10.7 Å². The molecule has 1 heterocycles. The summed E-state index contributed by atoms with van der Waals surface area (Å²) in [7, 11) is 0. The minimum atomic E-state index is 0.0256. The molecule has 1 atom stereocenters. The summed E-state index contributed by atoms with van der Waals surface area (Å²) in [6, 6.07) is 17.8. The van der Waals surface area contributed by atoms with Crippen LogP contribution in [0.3, 0.4) is 0 Å². The molecule has 2 aromatic carbocycles. The lowest BCUT2D eigenvalue weighted by Crippen LogP contribution is -2.37. The number of benzene rings is 2. The summed E-state index contributed by atoms with van der Waals surface area (Å²) >= 11 is 5.23. The van der Waals surface area contributed by atoms with E-state index < -0.39 is 0 Å². The number of rotatable bonds is 1. The van der Waals surface area contributed by atoms with Crippen LogP contribution >= 0.6 is 12.2 Å². The fraction of sp³-hybridized carbons (Fsp3) is 0.0667. The highest BCUT2D eigenvalue weighted by Gasteiger charge is 2.22. The molecule has 2 aromatic rings. The van der Waals surface area contributed by atoms with Crippen molar-refractivity contribution < 1.29 is 0 Å². The van der Waals surface area contributed by atoms with Gasteiger partial charge in [0.25, 0.3) is 0 Å². The van der Waals surface area contributed by atoms with Crippen LogP contribution in [-0.2, 0) is 0 Å². The maximum absolute atomic E-state index is 8.84. The number of nitrogens with zero attached hydrogens (tertiary/aromatic N) is 1. The molecular formula is C15H11N3S. The molecule has 0 radical (unpaired) electrons. The molecule has 0 bridgehead atoms. The molecule has 0 aliphatic carbocycles. The van der Waals surface area contributed by atoms with Crippen LogP contribution in [0.5, 0.6) is 0 Å². The minimum Gasteiger partial charge on any atom is -0.351 e. The molecule has 0 saturated carbocycles. The minimum absolute atomic E-state index is 0.0256. The van der Waals surface area contributed by atoms with Crippen molar-refractivity contribution in [3.63, 3.8) is 0 Å². The zero-order valence-electron chi connectivity index (χ0n) is 10.1. The highest BCUT2D eigenvalue weighted by atomic mass is 32.1. The number of fused-ring (bicyclic) bond motifs is 1. The summed E-state index contributed by atoms with van der Waals surface area (Å²) in [5, 5.41) is 15.9. The molecule has 0 spiro atoms. The third-order valence-electron chi connectivity index (χ3n) is 3.17. The average molecular weight is 265 g/mol. The van der Waals surface area contributed by atoms with Crippen molar-refractivity contribution in [3.8, 4) is 6.07 Å². The van der Waals surface area contributed by atoms with E-state index in [9.17, 15) is 0 Å². The Kier molecular flexibility index (Phi) is 2.90. The van der Waals surface area contributed by atoms with Gasteiger partial charge >= 0.3 is 0 Å². The van der Waals surface area contributed by atoms with Crippen LogP contribution in [0.25, 0.3) is 0 Å². The standard InChI is InChI=1S/C15H11N3S/c16-9-10-5-7-11(8-6-10)14-12-3-1-2-4-13(12)17-15(19)18-14/h1-8,14H,(H2,17,18,19). The number of nitriles is 1. The van der Waals surface area contributed by atoms with Gasteiger partial charge < -0.3 is 10.6 Å². The Morgan fingerprint density at radius 1 is 1.05 bits per heavy atom. The normalized spacial score (nSPS) is 16.8. The van der Waals surface area contributed by atoms with E-state index in [1.165, 1.54) is 0 Å². The Balaban J connectivity index is 2.05. The fourth-order valence-corrected chi connectivity index (χ4v) is 2.47. The van der Waals surface area contributed by atoms with Crippen LogP contribution < -0.4 is 10.6 Å². The quantitative estimate of drug-likeness (QED) is 0.778. The summed E-state index contributed by atoms with van der Waals surface area (Å²) < 4.78 is 0. The van der Waals surface area contributed by atoms with Gasteiger partial charge in [0.1, 0.15) is 0 Å². The summed E-state index contributed by atoms with van der Waals surface area (Å²) in [6.45, 7) is 0. The van der Waals surface area contributed by atoms with Crippen molar-refractivity contribution in [3.05, 3.63) is 65.2 Å². The van der Waals surface area contributed by atoms with Gasteiger partial charge in [0.05, 0.1) is 17.7 Å². The van der Waals surface area contributed by atoms with Gasteiger partial charge in [-0.05, 0) is 36.0 Å². The zero-order chi connectivity index (χ0) is 13.2. The lowest BCUT2D eigenvalue weighted by atomic mass is 9.95. The van der Waals surface area contributed by atoms with E-state index in [-0.39, 0.29) is 6.04 Å². The number of anilines is 1. The predicted octanol–water partition coefficient (Wildman–Crippen LogP) is 2.95. The Hall–Kier alpha value is -2.38. The van der Waals surface area contributed by atoms with E-state index >= 15 is 0 Å². The van der Waals surface area contributed by atoms with Gasteiger partial charge in [-0.3, -0.25) is 0 Å². The van der Waals surface area contributed by atoms with E-state index in [2.05, 4.69) is 22.8 Å². The second-order valence-electron chi connectivity index (χ2n) is 4.35. The maximum atomic E-state index is 8.84. The van der Waals surface area contributed by atoms with Crippen LogP contribution in [0.4, 0.5) is 5.69 Å². The second-order valence-corrected chi connectivity index (χ2v) is 4.76. The van der Waals surface area contributed by atoms with Crippen molar-refractivity contribution in [1.29, 1.82) is 5.26 Å². The van der Waals surface area contributed by atoms with Crippen LogP contribution in [0, 0.1) is 11.3 Å². The van der Waals surface area contributed by atoms with Crippen molar-refractivity contribution in [2.45, 2.75) is 6.04 Å². The van der Waals surface area contributed by atoms with Gasteiger partial charge in [-0.1, -0.05) is 30.3 Å². The summed E-state index contributed by atoms with van der Waals surface area (Å²) in [6.07, 6.45) is 0. The maximum Gasteiger partial charge on any atom is 0.171 e. The highest BCUT2D eigenvalue weighted by Crippen LogP contribution is 2.31.